The zero-order chi connectivity index (χ0) is 14.6. The van der Waals surface area contributed by atoms with Crippen molar-refractivity contribution >= 4 is 29.0 Å². The maximum Gasteiger partial charge on any atom is 0.235 e. The molecule has 0 saturated carbocycles. The molecule has 6 heteroatoms. The number of hydrogen-bond donors (Lipinski definition) is 2. The van der Waals surface area contributed by atoms with Crippen molar-refractivity contribution in [1.29, 1.82) is 0 Å². The molecule has 0 radical (unpaired) electrons. The van der Waals surface area contributed by atoms with Crippen LogP contribution in [0.5, 0.6) is 0 Å². The molecule has 0 aromatic heterocycles. The van der Waals surface area contributed by atoms with Gasteiger partial charge in [0, 0.05) is 26.6 Å². The lowest BCUT2D eigenvalue weighted by molar-refractivity contribution is -0.138. The number of nitrogens with two attached hydrogens (primary N) is 1. The first-order chi connectivity index (χ1) is 8.75. The van der Waals surface area contributed by atoms with Gasteiger partial charge in [-0.3, -0.25) is 9.59 Å². The molecule has 5 nitrogen and oxygen atoms in total. The van der Waals surface area contributed by atoms with Crippen LogP contribution in [0.25, 0.3) is 0 Å². The maximum atomic E-state index is 12.3. The minimum absolute atomic E-state index is 0.00187. The number of carbonyl (C=O) groups is 2. The monoisotopic (exact) mass is 285 g/mol. The molecule has 3 N–H and O–H groups in total. The molecular weight excluding hydrogens is 262 g/mol. The Morgan fingerprint density at radius 1 is 1.37 bits per heavy atom. The Morgan fingerprint density at radius 3 is 2.32 bits per heavy atom. The zero-order valence-corrected chi connectivity index (χ0v) is 12.7. The van der Waals surface area contributed by atoms with Crippen LogP contribution in [0.1, 0.15) is 33.6 Å². The van der Waals surface area contributed by atoms with Gasteiger partial charge >= 0.3 is 0 Å². The topological polar surface area (TPSA) is 75.4 Å². The summed E-state index contributed by atoms with van der Waals surface area (Å²) in [4.78, 5) is 25.2. The van der Waals surface area contributed by atoms with Gasteiger partial charge in [-0.25, -0.2) is 0 Å². The van der Waals surface area contributed by atoms with Gasteiger partial charge in [0.15, 0.2) is 0 Å². The second kappa shape index (κ2) is 6.32. The summed E-state index contributed by atoms with van der Waals surface area (Å²) in [5, 5.41) is 2.82. The molecule has 0 unspecified atom stereocenters. The summed E-state index contributed by atoms with van der Waals surface area (Å²) < 4.78 is 0. The number of rotatable bonds is 4. The molecule has 2 amide bonds. The molecule has 1 heterocycles. The normalized spacial score (nSPS) is 17.1. The average Bonchev–Trinajstić information content (AvgIpc) is 2.35. The lowest BCUT2D eigenvalue weighted by Crippen LogP contribution is -2.50. The smallest absolute Gasteiger partial charge is 0.235 e. The van der Waals surface area contributed by atoms with Crippen LogP contribution in [-0.4, -0.2) is 41.3 Å². The number of piperidine rings is 1. The second-order valence-electron chi connectivity index (χ2n) is 5.66. The molecular formula is C13H23N3O2S. The molecule has 0 aromatic rings. The molecule has 1 fully saturated rings. The Morgan fingerprint density at radius 2 is 1.89 bits per heavy atom. The molecule has 1 saturated heterocycles. The molecule has 0 aromatic carbocycles. The summed E-state index contributed by atoms with van der Waals surface area (Å²) in [6, 6.07) is 0. The Hall–Kier alpha value is -1.17. The predicted octanol–water partition coefficient (Wildman–Crippen LogP) is 0.673. The van der Waals surface area contributed by atoms with Crippen LogP contribution in [0.4, 0.5) is 0 Å². The number of nitrogens with zero attached hydrogens (tertiary/aromatic N) is 1. The number of amides is 2. The van der Waals surface area contributed by atoms with E-state index in [2.05, 4.69) is 5.32 Å². The third-order valence-electron chi connectivity index (χ3n) is 3.69. The van der Waals surface area contributed by atoms with Gasteiger partial charge in [0.2, 0.25) is 11.8 Å². The van der Waals surface area contributed by atoms with Crippen LogP contribution in [0.3, 0.4) is 0 Å². The van der Waals surface area contributed by atoms with E-state index in [1.165, 1.54) is 6.92 Å². The predicted molar refractivity (Wildman–Crippen MR) is 78.6 cm³/mol. The van der Waals surface area contributed by atoms with Gasteiger partial charge in [-0.2, -0.15) is 0 Å². The number of carbonyl (C=O) groups excluding carboxylic acids is 2. The standard InChI is InChI=1S/C13H23N3O2S/c1-9(17)15-8-10-4-6-16(7-5-10)12(18)13(2,3)11(14)19/h10H,4-8H2,1-3H3,(H2,14,19)(H,15,17). The van der Waals surface area contributed by atoms with Gasteiger partial charge in [0.25, 0.3) is 0 Å². The Kier molecular flexibility index (Phi) is 5.29. The fourth-order valence-corrected chi connectivity index (χ4v) is 2.22. The summed E-state index contributed by atoms with van der Waals surface area (Å²) >= 11 is 4.95. The maximum absolute atomic E-state index is 12.3. The fourth-order valence-electron chi connectivity index (χ4n) is 2.13. The van der Waals surface area contributed by atoms with Gasteiger partial charge in [0.05, 0.1) is 10.4 Å². The summed E-state index contributed by atoms with van der Waals surface area (Å²) in [6.07, 6.45) is 1.80. The Bertz CT molecular complexity index is 374. The highest BCUT2D eigenvalue weighted by Crippen LogP contribution is 2.24. The molecule has 1 rings (SSSR count). The number of thiocarbonyl (C=S) groups is 1. The summed E-state index contributed by atoms with van der Waals surface area (Å²) in [5.41, 5.74) is 4.84. The molecule has 19 heavy (non-hydrogen) atoms. The highest BCUT2D eigenvalue weighted by atomic mass is 32.1. The Labute approximate surface area is 119 Å². The van der Waals surface area contributed by atoms with E-state index in [0.717, 1.165) is 12.8 Å². The lowest BCUT2D eigenvalue weighted by Gasteiger charge is -2.36. The van der Waals surface area contributed by atoms with Crippen LogP contribution in [0, 0.1) is 11.3 Å². The third kappa shape index (κ3) is 4.16. The van der Waals surface area contributed by atoms with Gasteiger partial charge in [0.1, 0.15) is 0 Å². The van der Waals surface area contributed by atoms with E-state index in [-0.39, 0.29) is 16.8 Å². The van der Waals surface area contributed by atoms with E-state index in [4.69, 9.17) is 18.0 Å². The average molecular weight is 285 g/mol. The lowest BCUT2D eigenvalue weighted by atomic mass is 9.89. The van der Waals surface area contributed by atoms with Crippen molar-refractivity contribution in [3.8, 4) is 0 Å². The van der Waals surface area contributed by atoms with Gasteiger partial charge < -0.3 is 16.0 Å². The number of likely N-dealkylation sites (tertiary alicyclic amines) is 1. The van der Waals surface area contributed by atoms with Crippen molar-refractivity contribution < 1.29 is 9.59 Å². The van der Waals surface area contributed by atoms with Crippen LogP contribution < -0.4 is 11.1 Å². The molecule has 0 aliphatic carbocycles. The molecule has 1 aliphatic rings. The van der Waals surface area contributed by atoms with E-state index in [9.17, 15) is 9.59 Å². The minimum atomic E-state index is -0.778. The molecule has 1 aliphatic heterocycles. The molecule has 0 spiro atoms. The quantitative estimate of drug-likeness (QED) is 0.745. The largest absolute Gasteiger partial charge is 0.392 e. The number of nitrogens with one attached hydrogen (secondary N) is 1. The highest BCUT2D eigenvalue weighted by molar-refractivity contribution is 7.80. The van der Waals surface area contributed by atoms with Crippen LogP contribution in [0.15, 0.2) is 0 Å². The van der Waals surface area contributed by atoms with Crippen molar-refractivity contribution in [3.63, 3.8) is 0 Å². The molecule has 0 bridgehead atoms. The van der Waals surface area contributed by atoms with Gasteiger partial charge in [-0.05, 0) is 32.6 Å². The summed E-state index contributed by atoms with van der Waals surface area (Å²) in [7, 11) is 0. The summed E-state index contributed by atoms with van der Waals surface area (Å²) in [6.45, 7) is 7.14. The first-order valence-electron chi connectivity index (χ1n) is 6.59. The van der Waals surface area contributed by atoms with Crippen molar-refractivity contribution in [2.75, 3.05) is 19.6 Å². The van der Waals surface area contributed by atoms with Crippen LogP contribution >= 0.6 is 12.2 Å². The van der Waals surface area contributed by atoms with E-state index in [1.54, 1.807) is 13.8 Å². The molecule has 108 valence electrons. The first-order valence-corrected chi connectivity index (χ1v) is 6.99. The van der Waals surface area contributed by atoms with E-state index < -0.39 is 5.41 Å². The summed E-state index contributed by atoms with van der Waals surface area (Å²) in [5.74, 6) is 0.437. The highest BCUT2D eigenvalue weighted by Gasteiger charge is 2.36. The number of hydrogen-bond acceptors (Lipinski definition) is 3. The van der Waals surface area contributed by atoms with Crippen molar-refractivity contribution in [2.45, 2.75) is 33.6 Å². The van der Waals surface area contributed by atoms with Crippen LogP contribution in [0.2, 0.25) is 0 Å². The van der Waals surface area contributed by atoms with E-state index in [0.29, 0.717) is 25.6 Å². The van der Waals surface area contributed by atoms with Crippen LogP contribution in [-0.2, 0) is 9.59 Å². The van der Waals surface area contributed by atoms with Gasteiger partial charge in [-0.1, -0.05) is 12.2 Å². The fraction of sp³-hybridized carbons (Fsp3) is 0.769. The third-order valence-corrected chi connectivity index (χ3v) is 4.20. The van der Waals surface area contributed by atoms with E-state index >= 15 is 0 Å². The van der Waals surface area contributed by atoms with Crippen molar-refractivity contribution in [3.05, 3.63) is 0 Å². The van der Waals surface area contributed by atoms with Crippen molar-refractivity contribution in [1.82, 2.24) is 10.2 Å². The van der Waals surface area contributed by atoms with E-state index in [1.807, 2.05) is 4.90 Å². The van der Waals surface area contributed by atoms with Gasteiger partial charge in [-0.15, -0.1) is 0 Å². The second-order valence-corrected chi connectivity index (χ2v) is 6.10. The zero-order valence-electron chi connectivity index (χ0n) is 11.9. The minimum Gasteiger partial charge on any atom is -0.392 e. The Balaban J connectivity index is 2.48. The molecule has 0 atom stereocenters. The first kappa shape index (κ1) is 15.9. The van der Waals surface area contributed by atoms with Crippen molar-refractivity contribution in [2.24, 2.45) is 17.1 Å². The SMILES string of the molecule is CC(=O)NCC1CCN(C(=O)C(C)(C)C(N)=S)CC1.